The summed E-state index contributed by atoms with van der Waals surface area (Å²) in [7, 11) is 0. The molecular weight excluding hydrogens is 238 g/mol. The van der Waals surface area contributed by atoms with Gasteiger partial charge in [-0.2, -0.15) is 5.10 Å². The summed E-state index contributed by atoms with van der Waals surface area (Å²) in [4.78, 5) is 0. The molecule has 0 amide bonds. The molecule has 0 unspecified atom stereocenters. The van der Waals surface area contributed by atoms with Crippen molar-refractivity contribution in [3.05, 3.63) is 35.1 Å². The number of hydrogen-bond acceptors (Lipinski definition) is 3. The number of aromatic nitrogens is 2. The Morgan fingerprint density at radius 3 is 2.88 bits per heavy atom. The molecule has 1 aromatic heterocycles. The molecule has 0 aliphatic carbocycles. The summed E-state index contributed by atoms with van der Waals surface area (Å²) in [6.45, 7) is 4.75. The molecule has 2 aromatic rings. The Morgan fingerprint density at radius 2 is 2.24 bits per heavy atom. The summed E-state index contributed by atoms with van der Waals surface area (Å²) in [5.74, 6) is 1.38. The Hall–Kier alpha value is -1.68. The fourth-order valence-corrected chi connectivity index (χ4v) is 1.65. The van der Waals surface area contributed by atoms with Crippen LogP contribution in [0.5, 0.6) is 11.5 Å². The van der Waals surface area contributed by atoms with Crippen molar-refractivity contribution < 1.29 is 4.74 Å². The summed E-state index contributed by atoms with van der Waals surface area (Å²) >= 11 is 5.96. The van der Waals surface area contributed by atoms with Gasteiger partial charge in [0.2, 0.25) is 0 Å². The molecule has 1 heterocycles. The van der Waals surface area contributed by atoms with Gasteiger partial charge in [0, 0.05) is 12.6 Å². The minimum Gasteiger partial charge on any atom is -0.454 e. The summed E-state index contributed by atoms with van der Waals surface area (Å²) in [6.07, 6.45) is 3.51. The predicted octanol–water partition coefficient (Wildman–Crippen LogP) is 3.24. The zero-order valence-electron chi connectivity index (χ0n) is 9.77. The quantitative estimate of drug-likeness (QED) is 0.852. The zero-order chi connectivity index (χ0) is 12.4. The average molecular weight is 252 g/mol. The summed E-state index contributed by atoms with van der Waals surface area (Å²) in [5, 5.41) is 4.63. The van der Waals surface area contributed by atoms with Crippen LogP contribution in [0.1, 0.15) is 12.5 Å². The Bertz CT molecular complexity index is 537. The number of rotatable bonds is 3. The van der Waals surface area contributed by atoms with Gasteiger partial charge in [-0.3, -0.25) is 4.68 Å². The maximum Gasteiger partial charge on any atom is 0.165 e. The molecule has 0 fully saturated rings. The van der Waals surface area contributed by atoms with Crippen LogP contribution in [-0.4, -0.2) is 9.78 Å². The topological polar surface area (TPSA) is 53.1 Å². The van der Waals surface area contributed by atoms with Gasteiger partial charge in [-0.25, -0.2) is 0 Å². The largest absolute Gasteiger partial charge is 0.454 e. The van der Waals surface area contributed by atoms with E-state index in [1.165, 1.54) is 0 Å². The molecule has 2 rings (SSSR count). The third-order valence-electron chi connectivity index (χ3n) is 2.46. The highest BCUT2D eigenvalue weighted by Crippen LogP contribution is 2.31. The number of nitrogens with two attached hydrogens (primary N) is 1. The number of anilines is 1. The molecule has 1 aromatic carbocycles. The van der Waals surface area contributed by atoms with Crippen LogP contribution in [0, 0.1) is 6.92 Å². The van der Waals surface area contributed by atoms with Crippen LogP contribution >= 0.6 is 11.6 Å². The van der Waals surface area contributed by atoms with Crippen LogP contribution in [0.4, 0.5) is 5.69 Å². The van der Waals surface area contributed by atoms with Crippen molar-refractivity contribution in [1.82, 2.24) is 9.78 Å². The van der Waals surface area contributed by atoms with Crippen LogP contribution in [0.2, 0.25) is 5.02 Å². The monoisotopic (exact) mass is 251 g/mol. The highest BCUT2D eigenvalue weighted by Gasteiger charge is 2.07. The molecular formula is C12H14ClN3O. The molecule has 0 saturated carbocycles. The third-order valence-corrected chi connectivity index (χ3v) is 2.78. The first-order valence-corrected chi connectivity index (χ1v) is 5.74. The second kappa shape index (κ2) is 4.67. The van der Waals surface area contributed by atoms with Gasteiger partial charge in [-0.1, -0.05) is 11.6 Å². The Balaban J connectivity index is 2.26. The van der Waals surface area contributed by atoms with E-state index in [0.717, 1.165) is 12.1 Å². The number of aryl methyl sites for hydroxylation is 2. The molecule has 0 saturated heterocycles. The second-order valence-corrected chi connectivity index (χ2v) is 4.18. The van der Waals surface area contributed by atoms with Gasteiger partial charge >= 0.3 is 0 Å². The molecule has 0 aliphatic rings. The molecule has 0 spiro atoms. The van der Waals surface area contributed by atoms with Crippen LogP contribution < -0.4 is 10.5 Å². The van der Waals surface area contributed by atoms with Gasteiger partial charge < -0.3 is 10.5 Å². The van der Waals surface area contributed by atoms with Crippen molar-refractivity contribution in [2.75, 3.05) is 5.73 Å². The predicted molar refractivity (Wildman–Crippen MR) is 68.6 cm³/mol. The van der Waals surface area contributed by atoms with E-state index in [2.05, 4.69) is 5.10 Å². The van der Waals surface area contributed by atoms with Gasteiger partial charge in [0.1, 0.15) is 5.75 Å². The molecule has 17 heavy (non-hydrogen) atoms. The van der Waals surface area contributed by atoms with Crippen molar-refractivity contribution in [3.8, 4) is 11.5 Å². The van der Waals surface area contributed by atoms with Crippen molar-refractivity contribution >= 4 is 17.3 Å². The maximum absolute atomic E-state index is 5.96. The highest BCUT2D eigenvalue weighted by atomic mass is 35.5. The standard InChI is InChI=1S/C12H14ClN3O/c1-3-16-7-9(6-15-16)17-12-5-10(13)11(14)4-8(12)2/h4-7H,3,14H2,1-2H3. The van der Waals surface area contributed by atoms with Crippen molar-refractivity contribution in [3.63, 3.8) is 0 Å². The van der Waals surface area contributed by atoms with Gasteiger partial charge in [0.05, 0.1) is 23.1 Å². The highest BCUT2D eigenvalue weighted by molar-refractivity contribution is 6.33. The number of halogens is 1. The fourth-order valence-electron chi connectivity index (χ4n) is 1.49. The van der Waals surface area contributed by atoms with E-state index in [1.54, 1.807) is 23.0 Å². The summed E-state index contributed by atoms with van der Waals surface area (Å²) < 4.78 is 7.50. The molecule has 4 nitrogen and oxygen atoms in total. The first-order chi connectivity index (χ1) is 8.10. The first kappa shape index (κ1) is 11.8. The smallest absolute Gasteiger partial charge is 0.165 e. The number of nitrogens with zero attached hydrogens (tertiary/aromatic N) is 2. The molecule has 0 aliphatic heterocycles. The lowest BCUT2D eigenvalue weighted by atomic mass is 10.2. The molecule has 0 radical (unpaired) electrons. The first-order valence-electron chi connectivity index (χ1n) is 5.36. The lowest BCUT2D eigenvalue weighted by molar-refractivity contribution is 0.477. The van der Waals surface area contributed by atoms with Crippen LogP contribution in [0.15, 0.2) is 24.5 Å². The van der Waals surface area contributed by atoms with E-state index in [9.17, 15) is 0 Å². The number of nitrogen functional groups attached to an aromatic ring is 1. The van der Waals surface area contributed by atoms with E-state index in [0.29, 0.717) is 22.2 Å². The molecule has 0 bridgehead atoms. The molecule has 90 valence electrons. The average Bonchev–Trinajstić information content (AvgIpc) is 2.73. The van der Waals surface area contributed by atoms with E-state index >= 15 is 0 Å². The Labute approximate surface area is 105 Å². The lowest BCUT2D eigenvalue weighted by Gasteiger charge is -2.08. The minimum absolute atomic E-state index is 0.494. The van der Waals surface area contributed by atoms with Gasteiger partial charge in [0.25, 0.3) is 0 Å². The summed E-state index contributed by atoms with van der Waals surface area (Å²) in [5.41, 5.74) is 7.20. The van der Waals surface area contributed by atoms with Crippen molar-refractivity contribution in [2.24, 2.45) is 0 Å². The molecule has 5 heteroatoms. The maximum atomic E-state index is 5.96. The van der Waals surface area contributed by atoms with Gasteiger partial charge in [-0.05, 0) is 25.5 Å². The fraction of sp³-hybridized carbons (Fsp3) is 0.250. The number of ether oxygens (including phenoxy) is 1. The zero-order valence-corrected chi connectivity index (χ0v) is 10.5. The van der Waals surface area contributed by atoms with Crippen molar-refractivity contribution in [1.29, 1.82) is 0 Å². The van der Waals surface area contributed by atoms with E-state index in [4.69, 9.17) is 22.1 Å². The van der Waals surface area contributed by atoms with Crippen molar-refractivity contribution in [2.45, 2.75) is 20.4 Å². The number of benzene rings is 1. The Morgan fingerprint density at radius 1 is 1.47 bits per heavy atom. The van der Waals surface area contributed by atoms with Crippen LogP contribution in [0.25, 0.3) is 0 Å². The molecule has 2 N–H and O–H groups in total. The van der Waals surface area contributed by atoms with Gasteiger partial charge in [0.15, 0.2) is 5.75 Å². The lowest BCUT2D eigenvalue weighted by Crippen LogP contribution is -1.93. The third kappa shape index (κ3) is 2.53. The molecule has 0 atom stereocenters. The van der Waals surface area contributed by atoms with E-state index in [-0.39, 0.29) is 0 Å². The normalized spacial score (nSPS) is 10.5. The van der Waals surface area contributed by atoms with Crippen LogP contribution in [0.3, 0.4) is 0 Å². The second-order valence-electron chi connectivity index (χ2n) is 3.77. The summed E-state index contributed by atoms with van der Waals surface area (Å²) in [6, 6.07) is 3.51. The van der Waals surface area contributed by atoms with E-state index < -0.39 is 0 Å². The van der Waals surface area contributed by atoms with Crippen LogP contribution in [-0.2, 0) is 6.54 Å². The number of hydrogen-bond donors (Lipinski definition) is 1. The Kier molecular flexibility index (Phi) is 3.24. The SMILES string of the molecule is CCn1cc(Oc2cc(Cl)c(N)cc2C)cn1. The minimum atomic E-state index is 0.494. The van der Waals surface area contributed by atoms with Gasteiger partial charge in [-0.15, -0.1) is 0 Å². The van der Waals surface area contributed by atoms with E-state index in [1.807, 2.05) is 20.0 Å².